The summed E-state index contributed by atoms with van der Waals surface area (Å²) in [7, 11) is 0. The molecule has 0 unspecified atom stereocenters. The highest BCUT2D eigenvalue weighted by Crippen LogP contribution is 2.29. The second-order valence-electron chi connectivity index (χ2n) is 4.80. The molecule has 1 rings (SSSR count). The van der Waals surface area contributed by atoms with E-state index in [1.807, 2.05) is 13.8 Å². The van der Waals surface area contributed by atoms with Gasteiger partial charge in [0.1, 0.15) is 0 Å². The van der Waals surface area contributed by atoms with Crippen molar-refractivity contribution in [3.8, 4) is 0 Å². The molecule has 1 aromatic rings. The average Bonchev–Trinajstić information content (AvgIpc) is 2.26. The lowest BCUT2D eigenvalue weighted by molar-refractivity contribution is -0.137. The quantitative estimate of drug-likeness (QED) is 0.856. The summed E-state index contributed by atoms with van der Waals surface area (Å²) in [6.07, 6.45) is -4.28. The second-order valence-corrected chi connectivity index (χ2v) is 4.80. The van der Waals surface area contributed by atoms with E-state index in [-0.39, 0.29) is 5.41 Å². The van der Waals surface area contributed by atoms with Crippen molar-refractivity contribution in [2.24, 2.45) is 11.1 Å². The van der Waals surface area contributed by atoms with Crippen LogP contribution in [0.1, 0.15) is 19.4 Å². The summed E-state index contributed by atoms with van der Waals surface area (Å²) >= 11 is 0. The largest absolute Gasteiger partial charge is 0.416 e. The number of alkyl halides is 3. The SMILES string of the molecule is CC(C)(CN)CNc1ccc(C(F)(F)F)cc1. The van der Waals surface area contributed by atoms with Crippen LogP contribution >= 0.6 is 0 Å². The zero-order chi connectivity index (χ0) is 13.1. The zero-order valence-electron chi connectivity index (χ0n) is 9.93. The van der Waals surface area contributed by atoms with E-state index in [1.165, 1.54) is 12.1 Å². The molecule has 5 heteroatoms. The van der Waals surface area contributed by atoms with E-state index in [4.69, 9.17) is 5.73 Å². The zero-order valence-corrected chi connectivity index (χ0v) is 9.93. The van der Waals surface area contributed by atoms with Gasteiger partial charge in [0, 0.05) is 12.2 Å². The van der Waals surface area contributed by atoms with Crippen molar-refractivity contribution in [1.82, 2.24) is 0 Å². The van der Waals surface area contributed by atoms with Gasteiger partial charge < -0.3 is 11.1 Å². The van der Waals surface area contributed by atoms with Crippen molar-refractivity contribution < 1.29 is 13.2 Å². The first-order valence-electron chi connectivity index (χ1n) is 5.36. The molecule has 0 radical (unpaired) electrons. The maximum Gasteiger partial charge on any atom is 0.416 e. The Hall–Kier alpha value is -1.23. The smallest absolute Gasteiger partial charge is 0.384 e. The van der Waals surface area contributed by atoms with Gasteiger partial charge in [-0.25, -0.2) is 0 Å². The predicted molar refractivity (Wildman–Crippen MR) is 62.8 cm³/mol. The Morgan fingerprint density at radius 1 is 1.12 bits per heavy atom. The van der Waals surface area contributed by atoms with E-state index in [9.17, 15) is 13.2 Å². The molecule has 0 aliphatic heterocycles. The topological polar surface area (TPSA) is 38.0 Å². The van der Waals surface area contributed by atoms with E-state index < -0.39 is 11.7 Å². The molecule has 0 amide bonds. The Morgan fingerprint density at radius 2 is 1.65 bits per heavy atom. The number of hydrogen-bond donors (Lipinski definition) is 2. The number of nitrogens with one attached hydrogen (secondary N) is 1. The Kier molecular flexibility index (Phi) is 4.03. The first kappa shape index (κ1) is 13.8. The van der Waals surface area contributed by atoms with Gasteiger partial charge in [0.25, 0.3) is 0 Å². The lowest BCUT2D eigenvalue weighted by atomic mass is 9.94. The minimum atomic E-state index is -4.28. The van der Waals surface area contributed by atoms with Gasteiger partial charge in [-0.15, -0.1) is 0 Å². The highest BCUT2D eigenvalue weighted by molar-refractivity contribution is 5.45. The number of rotatable bonds is 4. The minimum absolute atomic E-state index is 0.0807. The van der Waals surface area contributed by atoms with Crippen LogP contribution in [0, 0.1) is 5.41 Å². The monoisotopic (exact) mass is 246 g/mol. The highest BCUT2D eigenvalue weighted by Gasteiger charge is 2.29. The Bertz CT molecular complexity index is 355. The second kappa shape index (κ2) is 4.96. The van der Waals surface area contributed by atoms with Crippen molar-refractivity contribution >= 4 is 5.69 Å². The number of halogens is 3. The first-order chi connectivity index (χ1) is 7.74. The molecule has 0 aliphatic rings. The van der Waals surface area contributed by atoms with E-state index >= 15 is 0 Å². The van der Waals surface area contributed by atoms with Crippen molar-refractivity contribution in [1.29, 1.82) is 0 Å². The summed E-state index contributed by atoms with van der Waals surface area (Å²) in [5.41, 5.74) is 5.51. The van der Waals surface area contributed by atoms with E-state index in [0.29, 0.717) is 18.8 Å². The lowest BCUT2D eigenvalue weighted by Gasteiger charge is -2.23. The van der Waals surface area contributed by atoms with Crippen LogP contribution in [0.3, 0.4) is 0 Å². The Balaban J connectivity index is 2.64. The van der Waals surface area contributed by atoms with Crippen molar-refractivity contribution in [2.45, 2.75) is 20.0 Å². The molecule has 3 N–H and O–H groups in total. The fraction of sp³-hybridized carbons (Fsp3) is 0.500. The van der Waals surface area contributed by atoms with E-state index in [2.05, 4.69) is 5.32 Å². The minimum Gasteiger partial charge on any atom is -0.384 e. The summed E-state index contributed by atoms with van der Waals surface area (Å²) in [5.74, 6) is 0. The molecular weight excluding hydrogens is 229 g/mol. The van der Waals surface area contributed by atoms with E-state index in [1.54, 1.807) is 0 Å². The molecule has 0 spiro atoms. The van der Waals surface area contributed by atoms with Crippen LogP contribution in [0.25, 0.3) is 0 Å². The van der Waals surface area contributed by atoms with Crippen molar-refractivity contribution in [3.05, 3.63) is 29.8 Å². The number of benzene rings is 1. The molecule has 0 aromatic heterocycles. The predicted octanol–water partition coefficient (Wildman–Crippen LogP) is 3.10. The molecule has 0 atom stereocenters. The van der Waals surface area contributed by atoms with Crippen LogP contribution < -0.4 is 11.1 Å². The third-order valence-electron chi connectivity index (χ3n) is 2.54. The summed E-state index contributed by atoms with van der Waals surface area (Å²) in [4.78, 5) is 0. The summed E-state index contributed by atoms with van der Waals surface area (Å²) in [5, 5.41) is 3.07. The van der Waals surface area contributed by atoms with Crippen molar-refractivity contribution in [3.63, 3.8) is 0 Å². The number of nitrogens with two attached hydrogens (primary N) is 1. The molecular formula is C12H17F3N2. The first-order valence-corrected chi connectivity index (χ1v) is 5.36. The van der Waals surface area contributed by atoms with Gasteiger partial charge in [-0.3, -0.25) is 0 Å². The van der Waals surface area contributed by atoms with Crippen LogP contribution in [0.15, 0.2) is 24.3 Å². The van der Waals surface area contributed by atoms with E-state index in [0.717, 1.165) is 12.1 Å². The maximum absolute atomic E-state index is 12.3. The van der Waals surface area contributed by atoms with Crippen molar-refractivity contribution in [2.75, 3.05) is 18.4 Å². The van der Waals surface area contributed by atoms with Gasteiger partial charge in [0.05, 0.1) is 5.56 Å². The van der Waals surface area contributed by atoms with Crippen LogP contribution in [-0.2, 0) is 6.18 Å². The van der Waals surface area contributed by atoms with Crippen LogP contribution in [0.4, 0.5) is 18.9 Å². The summed E-state index contributed by atoms with van der Waals surface area (Å²) in [6, 6.07) is 4.99. The third kappa shape index (κ3) is 4.26. The summed E-state index contributed by atoms with van der Waals surface area (Å²) in [6.45, 7) is 5.11. The lowest BCUT2D eigenvalue weighted by Crippen LogP contribution is -2.31. The molecule has 0 heterocycles. The van der Waals surface area contributed by atoms with Gasteiger partial charge >= 0.3 is 6.18 Å². The Morgan fingerprint density at radius 3 is 2.06 bits per heavy atom. The molecule has 0 bridgehead atoms. The Labute approximate surface area is 99.0 Å². The molecule has 17 heavy (non-hydrogen) atoms. The van der Waals surface area contributed by atoms with Gasteiger partial charge in [-0.05, 0) is 36.2 Å². The molecule has 2 nitrogen and oxygen atoms in total. The van der Waals surface area contributed by atoms with Crippen LogP contribution in [0.2, 0.25) is 0 Å². The average molecular weight is 246 g/mol. The van der Waals surface area contributed by atoms with Gasteiger partial charge in [-0.2, -0.15) is 13.2 Å². The molecule has 0 saturated heterocycles. The van der Waals surface area contributed by atoms with Gasteiger partial charge in [0.2, 0.25) is 0 Å². The number of anilines is 1. The fourth-order valence-corrected chi connectivity index (χ4v) is 1.19. The standard InChI is InChI=1S/C12H17F3N2/c1-11(2,7-16)8-17-10-5-3-9(4-6-10)12(13,14)15/h3-6,17H,7-8,16H2,1-2H3. The molecule has 0 aliphatic carbocycles. The van der Waals surface area contributed by atoms with Crippen LogP contribution in [-0.4, -0.2) is 13.1 Å². The van der Waals surface area contributed by atoms with Gasteiger partial charge in [0.15, 0.2) is 0 Å². The molecule has 0 saturated carbocycles. The maximum atomic E-state index is 12.3. The molecule has 1 aromatic carbocycles. The summed E-state index contributed by atoms with van der Waals surface area (Å²) < 4.78 is 36.9. The highest BCUT2D eigenvalue weighted by atomic mass is 19.4. The normalized spacial score (nSPS) is 12.6. The molecule has 0 fully saturated rings. The fourth-order valence-electron chi connectivity index (χ4n) is 1.19. The van der Waals surface area contributed by atoms with Gasteiger partial charge in [-0.1, -0.05) is 13.8 Å². The third-order valence-corrected chi connectivity index (χ3v) is 2.54. The molecule has 96 valence electrons. The number of hydrogen-bond acceptors (Lipinski definition) is 2. The van der Waals surface area contributed by atoms with Crippen LogP contribution in [0.5, 0.6) is 0 Å².